The number of nitrogens with zero attached hydrogens (tertiary/aromatic N) is 2. The zero-order valence-corrected chi connectivity index (χ0v) is 17.3. The van der Waals surface area contributed by atoms with Crippen molar-refractivity contribution in [2.75, 3.05) is 4.90 Å². The lowest BCUT2D eigenvalue weighted by Crippen LogP contribution is -2.33. The molecule has 4 atom stereocenters. The highest BCUT2D eigenvalue weighted by molar-refractivity contribution is 7.14. The van der Waals surface area contributed by atoms with Crippen LogP contribution in [0.2, 0.25) is 0 Å². The van der Waals surface area contributed by atoms with Gasteiger partial charge in [0, 0.05) is 10.9 Å². The molecule has 0 unspecified atom stereocenters. The van der Waals surface area contributed by atoms with Crippen molar-refractivity contribution in [3.8, 4) is 11.3 Å². The fourth-order valence-electron chi connectivity index (χ4n) is 5.59. The van der Waals surface area contributed by atoms with Gasteiger partial charge >= 0.3 is 0 Å². The molecule has 2 bridgehead atoms. The van der Waals surface area contributed by atoms with E-state index in [0.29, 0.717) is 5.13 Å². The van der Waals surface area contributed by atoms with Crippen molar-refractivity contribution in [3.63, 3.8) is 0 Å². The normalized spacial score (nSPS) is 28.4. The van der Waals surface area contributed by atoms with Gasteiger partial charge in [0.15, 0.2) is 5.13 Å². The third-order valence-electron chi connectivity index (χ3n) is 6.77. The second-order valence-electron chi connectivity index (χ2n) is 8.37. The quantitative estimate of drug-likeness (QED) is 0.554. The van der Waals surface area contributed by atoms with Crippen LogP contribution in [0.5, 0.6) is 0 Å². The van der Waals surface area contributed by atoms with Gasteiger partial charge in [-0.1, -0.05) is 42.3 Å². The molecular weight excluding hydrogens is 368 g/mol. The molecular formula is C23H24N2O2S. The van der Waals surface area contributed by atoms with Crippen molar-refractivity contribution in [3.05, 3.63) is 46.4 Å². The Hall–Kier alpha value is -2.27. The number of thiazole rings is 1. The monoisotopic (exact) mass is 392 g/mol. The van der Waals surface area contributed by atoms with Crippen LogP contribution in [-0.2, 0) is 16.0 Å². The maximum absolute atomic E-state index is 13.2. The molecule has 5 heteroatoms. The third-order valence-corrected chi connectivity index (χ3v) is 7.60. The average molecular weight is 393 g/mol. The molecule has 0 radical (unpaired) electrons. The molecule has 28 heavy (non-hydrogen) atoms. The number of carbonyl (C=O) groups is 2. The van der Waals surface area contributed by atoms with Crippen LogP contribution < -0.4 is 4.90 Å². The lowest BCUT2D eigenvalue weighted by atomic mass is 9.81. The predicted molar refractivity (Wildman–Crippen MR) is 111 cm³/mol. The number of fused-ring (bicyclic) bond motifs is 5. The van der Waals surface area contributed by atoms with Crippen molar-refractivity contribution in [2.45, 2.75) is 40.0 Å². The smallest absolute Gasteiger partial charge is 0.240 e. The SMILES string of the molecule is CCc1ccc(-c2csc(N3C(=O)[C@@H]4[C@H](C3=O)[C@H]3CC[C@H]4C3=C(C)C)n2)cc1. The number of aryl methyl sites for hydroxylation is 1. The Balaban J connectivity index is 1.46. The number of rotatable bonds is 3. The van der Waals surface area contributed by atoms with E-state index in [1.807, 2.05) is 5.38 Å². The zero-order chi connectivity index (χ0) is 19.6. The van der Waals surface area contributed by atoms with E-state index in [9.17, 15) is 9.59 Å². The lowest BCUT2D eigenvalue weighted by molar-refractivity contribution is -0.123. The Kier molecular flexibility index (Phi) is 4.05. The highest BCUT2D eigenvalue weighted by Gasteiger charge is 2.64. The minimum absolute atomic E-state index is 0.0387. The summed E-state index contributed by atoms with van der Waals surface area (Å²) >= 11 is 1.39. The maximum Gasteiger partial charge on any atom is 0.240 e. The Morgan fingerprint density at radius 3 is 2.21 bits per heavy atom. The predicted octanol–water partition coefficient (Wildman–Crippen LogP) is 4.85. The number of hydrogen-bond acceptors (Lipinski definition) is 4. The fraction of sp³-hybridized carbons (Fsp3) is 0.435. The van der Waals surface area contributed by atoms with Crippen molar-refractivity contribution in [1.82, 2.24) is 4.98 Å². The van der Waals surface area contributed by atoms with Crippen molar-refractivity contribution < 1.29 is 9.59 Å². The largest absolute Gasteiger partial charge is 0.274 e. The summed E-state index contributed by atoms with van der Waals surface area (Å²) in [5.74, 6) is 0.0796. The second kappa shape index (κ2) is 6.38. The van der Waals surface area contributed by atoms with Crippen LogP contribution >= 0.6 is 11.3 Å². The maximum atomic E-state index is 13.2. The lowest BCUT2D eigenvalue weighted by Gasteiger charge is -2.18. The number of aromatic nitrogens is 1. The van der Waals surface area contributed by atoms with Gasteiger partial charge in [-0.15, -0.1) is 11.3 Å². The number of carbonyl (C=O) groups excluding carboxylic acids is 2. The summed E-state index contributed by atoms with van der Waals surface area (Å²) in [7, 11) is 0. The van der Waals surface area contributed by atoms with Gasteiger partial charge in [-0.3, -0.25) is 9.59 Å². The van der Waals surface area contributed by atoms with Crippen LogP contribution in [0.1, 0.15) is 39.2 Å². The zero-order valence-electron chi connectivity index (χ0n) is 16.4. The van der Waals surface area contributed by atoms with Gasteiger partial charge in [0.05, 0.1) is 17.5 Å². The van der Waals surface area contributed by atoms with E-state index in [-0.39, 0.29) is 35.5 Å². The Labute approximate surface area is 169 Å². The molecule has 1 aliphatic heterocycles. The molecule has 3 aliphatic rings. The molecule has 5 rings (SSSR count). The van der Waals surface area contributed by atoms with Crippen LogP contribution in [0.4, 0.5) is 5.13 Å². The molecule has 2 saturated carbocycles. The van der Waals surface area contributed by atoms with E-state index in [2.05, 4.69) is 50.0 Å². The molecule has 2 heterocycles. The molecule has 2 amide bonds. The number of benzene rings is 1. The third kappa shape index (κ3) is 2.38. The van der Waals surface area contributed by atoms with Crippen LogP contribution in [0.3, 0.4) is 0 Å². The second-order valence-corrected chi connectivity index (χ2v) is 9.21. The standard InChI is InChI=1S/C23H24N2O2S/c1-4-13-5-7-14(8-6-13)17-11-28-23(24-17)25-21(26)19-15-9-10-16(18(15)12(2)3)20(19)22(25)27/h5-8,11,15-16,19-20H,4,9-10H2,1-3H3/t15-,16-,19-,20+/m0/s1. The molecule has 3 fully saturated rings. The molecule has 144 valence electrons. The van der Waals surface area contributed by atoms with Gasteiger partial charge in [0.1, 0.15) is 0 Å². The van der Waals surface area contributed by atoms with Crippen molar-refractivity contribution in [1.29, 1.82) is 0 Å². The summed E-state index contributed by atoms with van der Waals surface area (Å²) in [6.45, 7) is 6.36. The molecule has 2 aromatic rings. The summed E-state index contributed by atoms with van der Waals surface area (Å²) in [4.78, 5) is 32.5. The molecule has 1 saturated heterocycles. The van der Waals surface area contributed by atoms with Gasteiger partial charge in [-0.2, -0.15) is 0 Å². The minimum atomic E-state index is -0.174. The van der Waals surface area contributed by atoms with Crippen molar-refractivity contribution in [2.24, 2.45) is 23.7 Å². The number of anilines is 1. The molecule has 0 N–H and O–H groups in total. The Morgan fingerprint density at radius 2 is 1.68 bits per heavy atom. The van der Waals surface area contributed by atoms with Gasteiger partial charge in [-0.25, -0.2) is 9.88 Å². The minimum Gasteiger partial charge on any atom is -0.274 e. The number of allylic oxidation sites excluding steroid dienone is 2. The summed E-state index contributed by atoms with van der Waals surface area (Å²) in [5, 5.41) is 2.47. The van der Waals surface area contributed by atoms with E-state index in [0.717, 1.165) is 30.5 Å². The van der Waals surface area contributed by atoms with Crippen LogP contribution in [-0.4, -0.2) is 16.8 Å². The Bertz CT molecular complexity index is 968. The average Bonchev–Trinajstić information content (AvgIpc) is 3.44. The van der Waals surface area contributed by atoms with E-state index >= 15 is 0 Å². The van der Waals surface area contributed by atoms with E-state index in [1.165, 1.54) is 32.9 Å². The first kappa shape index (κ1) is 17.8. The number of imide groups is 1. The number of hydrogen-bond donors (Lipinski definition) is 0. The molecule has 0 spiro atoms. The van der Waals surface area contributed by atoms with Crippen LogP contribution in [0, 0.1) is 23.7 Å². The molecule has 2 aliphatic carbocycles. The van der Waals surface area contributed by atoms with E-state index < -0.39 is 0 Å². The van der Waals surface area contributed by atoms with Crippen LogP contribution in [0.25, 0.3) is 11.3 Å². The first-order valence-corrected chi connectivity index (χ1v) is 11.0. The highest BCUT2D eigenvalue weighted by Crippen LogP contribution is 2.60. The summed E-state index contributed by atoms with van der Waals surface area (Å²) in [6.07, 6.45) is 3.07. The molecule has 4 nitrogen and oxygen atoms in total. The Morgan fingerprint density at radius 1 is 1.07 bits per heavy atom. The summed E-state index contributed by atoms with van der Waals surface area (Å²) in [5.41, 5.74) is 5.80. The van der Waals surface area contributed by atoms with E-state index in [1.54, 1.807) is 0 Å². The topological polar surface area (TPSA) is 50.3 Å². The van der Waals surface area contributed by atoms with Gasteiger partial charge in [0.2, 0.25) is 11.8 Å². The first-order chi connectivity index (χ1) is 13.5. The van der Waals surface area contributed by atoms with Gasteiger partial charge < -0.3 is 0 Å². The molecule has 1 aromatic carbocycles. The summed E-state index contributed by atoms with van der Waals surface area (Å²) in [6, 6.07) is 8.32. The first-order valence-electron chi connectivity index (χ1n) is 10.1. The highest BCUT2D eigenvalue weighted by atomic mass is 32.1. The van der Waals surface area contributed by atoms with Crippen molar-refractivity contribution >= 4 is 28.3 Å². The van der Waals surface area contributed by atoms with E-state index in [4.69, 9.17) is 0 Å². The van der Waals surface area contributed by atoms with Crippen LogP contribution in [0.15, 0.2) is 40.8 Å². The molecule has 1 aromatic heterocycles. The number of amides is 2. The van der Waals surface area contributed by atoms with Gasteiger partial charge in [0.25, 0.3) is 0 Å². The summed E-state index contributed by atoms with van der Waals surface area (Å²) < 4.78 is 0. The fourth-order valence-corrected chi connectivity index (χ4v) is 6.43. The van der Waals surface area contributed by atoms with Gasteiger partial charge in [-0.05, 0) is 50.5 Å².